The van der Waals surface area contributed by atoms with E-state index in [1.54, 1.807) is 0 Å². The highest BCUT2D eigenvalue weighted by atomic mass is 15.2. The van der Waals surface area contributed by atoms with Crippen LogP contribution in [0, 0.1) is 0 Å². The summed E-state index contributed by atoms with van der Waals surface area (Å²) in [5.74, 6) is 0. The van der Waals surface area contributed by atoms with Gasteiger partial charge in [-0.1, -0.05) is 257 Å². The quantitative estimate of drug-likeness (QED) is 0.105. The van der Waals surface area contributed by atoms with E-state index in [2.05, 4.69) is 333 Å². The molecule has 0 radical (unpaired) electrons. The summed E-state index contributed by atoms with van der Waals surface area (Å²) in [4.78, 5) is 7.66. The van der Waals surface area contributed by atoms with Crippen molar-refractivity contribution in [3.05, 3.63) is 303 Å². The van der Waals surface area contributed by atoms with Gasteiger partial charge in [-0.15, -0.1) is 0 Å². The van der Waals surface area contributed by atoms with Crippen LogP contribution >= 0.6 is 0 Å². The highest BCUT2D eigenvalue weighted by Crippen LogP contribution is 2.52. The molecule has 0 aliphatic carbocycles. The lowest BCUT2D eigenvalue weighted by atomic mass is 9.33. The zero-order valence-corrected chi connectivity index (χ0v) is 46.2. The molecule has 13 aromatic rings. The van der Waals surface area contributed by atoms with Crippen molar-refractivity contribution in [1.82, 2.24) is 0 Å². The zero-order valence-electron chi connectivity index (χ0n) is 46.2. The molecule has 15 rings (SSSR count). The average Bonchev–Trinajstić information content (AvgIpc) is 3.48. The maximum atomic E-state index is 2.63. The van der Waals surface area contributed by atoms with Gasteiger partial charge in [-0.05, 0) is 132 Å². The Kier molecular flexibility index (Phi) is 11.9. The number of hydrogen-bond donors (Lipinski definition) is 0. The van der Waals surface area contributed by atoms with E-state index >= 15 is 0 Å². The van der Waals surface area contributed by atoms with E-state index in [-0.39, 0.29) is 12.1 Å². The van der Waals surface area contributed by atoms with Crippen LogP contribution in [0.5, 0.6) is 0 Å². The fourth-order valence-corrected chi connectivity index (χ4v) is 13.2. The van der Waals surface area contributed by atoms with E-state index < -0.39 is 0 Å². The van der Waals surface area contributed by atoms with Crippen molar-refractivity contribution >= 4 is 95.8 Å². The van der Waals surface area contributed by atoms with Gasteiger partial charge in [0.2, 0.25) is 0 Å². The van der Waals surface area contributed by atoms with Gasteiger partial charge < -0.3 is 14.7 Å². The molecule has 2 heterocycles. The predicted molar refractivity (Wildman–Crippen MR) is 351 cm³/mol. The summed E-state index contributed by atoms with van der Waals surface area (Å²) in [5, 5.41) is 4.76. The minimum atomic E-state index is -0.206. The molecule has 388 valence electrons. The minimum Gasteiger partial charge on any atom is -0.311 e. The van der Waals surface area contributed by atoms with Gasteiger partial charge >= 0.3 is 0 Å². The van der Waals surface area contributed by atoms with Crippen LogP contribution in [0.4, 0.5) is 51.2 Å². The molecule has 13 aromatic carbocycles. The van der Waals surface area contributed by atoms with Crippen molar-refractivity contribution in [3.63, 3.8) is 0 Å². The molecule has 0 spiro atoms. The lowest BCUT2D eigenvalue weighted by Gasteiger charge is -2.46. The van der Waals surface area contributed by atoms with Gasteiger partial charge in [0.15, 0.2) is 0 Å². The summed E-state index contributed by atoms with van der Waals surface area (Å²) < 4.78 is 0. The number of para-hydroxylation sites is 4. The number of fused-ring (bicyclic) bond motifs is 6. The summed E-state index contributed by atoms with van der Waals surface area (Å²) in [5.41, 5.74) is 24.7. The van der Waals surface area contributed by atoms with Crippen LogP contribution in [-0.2, 0) is 5.41 Å². The van der Waals surface area contributed by atoms with Crippen molar-refractivity contribution < 1.29 is 0 Å². The van der Waals surface area contributed by atoms with Gasteiger partial charge in [0, 0.05) is 56.0 Å². The van der Waals surface area contributed by atoms with Crippen LogP contribution in [0.1, 0.15) is 26.3 Å². The molecule has 0 bridgehead atoms. The van der Waals surface area contributed by atoms with Crippen LogP contribution in [0.25, 0.3) is 66.1 Å². The smallest absolute Gasteiger partial charge is 0.252 e. The molecule has 0 aromatic heterocycles. The molecular weight excluding hydrogens is 990 g/mol. The Bertz CT molecular complexity index is 4460. The third-order valence-electron chi connectivity index (χ3n) is 16.9. The number of hydrogen-bond acceptors (Lipinski definition) is 3. The Morgan fingerprint density at radius 2 is 0.732 bits per heavy atom. The molecule has 0 atom stereocenters. The van der Waals surface area contributed by atoms with Crippen LogP contribution in [0.15, 0.2) is 297 Å². The molecular formula is C78H58BN3. The molecule has 0 N–H and O–H groups in total. The molecule has 0 saturated heterocycles. The van der Waals surface area contributed by atoms with Gasteiger partial charge in [0.1, 0.15) is 0 Å². The first kappa shape index (κ1) is 48.9. The number of rotatable bonds is 9. The normalized spacial score (nSPS) is 12.5. The maximum Gasteiger partial charge on any atom is 0.252 e. The SMILES string of the molecule is CC(C)(C)c1cc2c3c(c1)N(c1ccccc1-c1ccccc1)c1cc(-c4c5ccccc5c(N(c5ccccc5)c5ccccc5)c5ccccc45)ccc1B3c1cc(-c3ccccc3)ccc1N2c1ccccc1-c1ccccc1. The van der Waals surface area contributed by atoms with E-state index in [0.29, 0.717) is 0 Å². The summed E-state index contributed by atoms with van der Waals surface area (Å²) in [6.45, 7) is 6.95. The lowest BCUT2D eigenvalue weighted by molar-refractivity contribution is 0.590. The van der Waals surface area contributed by atoms with Gasteiger partial charge in [-0.3, -0.25) is 0 Å². The predicted octanol–water partition coefficient (Wildman–Crippen LogP) is 19.5. The first-order chi connectivity index (χ1) is 40.4. The van der Waals surface area contributed by atoms with E-state index in [0.717, 1.165) is 39.7 Å². The minimum absolute atomic E-state index is 0.122. The molecule has 2 aliphatic rings. The lowest BCUT2D eigenvalue weighted by Crippen LogP contribution is -2.61. The standard InChI is InChI=1S/C78H58BN3/c1-78(2,3)58-51-73-76-74(52-58)82(70-44-26-24-38-62(70)55-31-13-6-14-32-55)72-50-57(75-63-39-19-21-41-65(63)77(66-42-22-20-40-64(66)75)80(59-33-15-7-16-34-59)60-35-17-8-18-36-60)45-47-67(72)79(76)68-49-56(53-27-9-4-10-28-53)46-48-71(68)81(73)69-43-25-23-37-61(69)54-29-11-5-12-30-54/h4-52H,1-3H3. The first-order valence-corrected chi connectivity index (χ1v) is 28.6. The molecule has 4 heteroatoms. The first-order valence-electron chi connectivity index (χ1n) is 28.6. The Morgan fingerprint density at radius 3 is 1.24 bits per heavy atom. The van der Waals surface area contributed by atoms with Gasteiger partial charge in [0.05, 0.1) is 17.1 Å². The average molecular weight is 1050 g/mol. The van der Waals surface area contributed by atoms with Crippen LogP contribution < -0.4 is 31.1 Å². The third kappa shape index (κ3) is 8.13. The van der Waals surface area contributed by atoms with Crippen molar-refractivity contribution in [1.29, 1.82) is 0 Å². The fourth-order valence-electron chi connectivity index (χ4n) is 13.2. The molecule has 0 saturated carbocycles. The largest absolute Gasteiger partial charge is 0.311 e. The molecule has 2 aliphatic heterocycles. The number of anilines is 9. The summed E-state index contributed by atoms with van der Waals surface area (Å²) >= 11 is 0. The van der Waals surface area contributed by atoms with Crippen LogP contribution in [0.2, 0.25) is 0 Å². The van der Waals surface area contributed by atoms with E-state index in [4.69, 9.17) is 0 Å². The van der Waals surface area contributed by atoms with Crippen molar-refractivity contribution in [2.24, 2.45) is 0 Å². The Balaban J connectivity index is 1.05. The van der Waals surface area contributed by atoms with Gasteiger partial charge in [-0.25, -0.2) is 0 Å². The van der Waals surface area contributed by atoms with Crippen LogP contribution in [-0.4, -0.2) is 6.71 Å². The topological polar surface area (TPSA) is 9.72 Å². The second-order valence-electron chi connectivity index (χ2n) is 22.8. The molecule has 0 amide bonds. The van der Waals surface area contributed by atoms with Crippen LogP contribution in [0.3, 0.4) is 0 Å². The maximum absolute atomic E-state index is 2.63. The monoisotopic (exact) mass is 1050 g/mol. The van der Waals surface area contributed by atoms with Gasteiger partial charge in [0.25, 0.3) is 6.71 Å². The highest BCUT2D eigenvalue weighted by molar-refractivity contribution is 7.00. The fraction of sp³-hybridized carbons (Fsp3) is 0.0513. The number of benzene rings is 13. The van der Waals surface area contributed by atoms with Crippen molar-refractivity contribution in [3.8, 4) is 44.5 Å². The Labute approximate surface area is 481 Å². The highest BCUT2D eigenvalue weighted by Gasteiger charge is 2.45. The third-order valence-corrected chi connectivity index (χ3v) is 16.9. The molecule has 0 unspecified atom stereocenters. The molecule has 0 fully saturated rings. The molecule has 82 heavy (non-hydrogen) atoms. The summed E-state index contributed by atoms with van der Waals surface area (Å²) in [7, 11) is 0. The summed E-state index contributed by atoms with van der Waals surface area (Å²) in [6.07, 6.45) is 0. The zero-order chi connectivity index (χ0) is 54.9. The number of nitrogens with zero attached hydrogens (tertiary/aromatic N) is 3. The van der Waals surface area contributed by atoms with Crippen molar-refractivity contribution in [2.45, 2.75) is 26.2 Å². The van der Waals surface area contributed by atoms with Gasteiger partial charge in [-0.2, -0.15) is 0 Å². The van der Waals surface area contributed by atoms with E-state index in [1.165, 1.54) is 99.5 Å². The second kappa shape index (κ2) is 19.9. The Morgan fingerprint density at radius 1 is 0.305 bits per heavy atom. The van der Waals surface area contributed by atoms with E-state index in [9.17, 15) is 0 Å². The summed E-state index contributed by atoms with van der Waals surface area (Å²) in [6, 6.07) is 110. The molecule has 3 nitrogen and oxygen atoms in total. The second-order valence-corrected chi connectivity index (χ2v) is 22.8. The van der Waals surface area contributed by atoms with E-state index in [1.807, 2.05) is 0 Å². The van der Waals surface area contributed by atoms with Crippen molar-refractivity contribution in [2.75, 3.05) is 14.7 Å². The Hall–Kier alpha value is -10.2.